The lowest BCUT2D eigenvalue weighted by Crippen LogP contribution is -2.38. The molecule has 0 spiro atoms. The second-order valence-corrected chi connectivity index (χ2v) is 6.13. The van der Waals surface area contributed by atoms with E-state index in [-0.39, 0.29) is 0 Å². The highest BCUT2D eigenvalue weighted by molar-refractivity contribution is 5.79. The Morgan fingerprint density at radius 1 is 0.963 bits per heavy atom. The van der Waals surface area contributed by atoms with Crippen molar-refractivity contribution in [1.82, 2.24) is 10.6 Å². The highest BCUT2D eigenvalue weighted by Gasteiger charge is 2.14. The largest absolute Gasteiger partial charge is 0.496 e. The maximum Gasteiger partial charge on any atom is 0.191 e. The van der Waals surface area contributed by atoms with Gasteiger partial charge in [-0.25, -0.2) is 0 Å². The number of guanidine groups is 1. The lowest BCUT2D eigenvalue weighted by atomic mass is 10.0. The molecule has 0 aliphatic rings. The van der Waals surface area contributed by atoms with Crippen molar-refractivity contribution in [3.8, 4) is 17.2 Å². The molecule has 0 saturated carbocycles. The van der Waals surface area contributed by atoms with Crippen molar-refractivity contribution in [3.63, 3.8) is 0 Å². The van der Waals surface area contributed by atoms with Crippen LogP contribution in [-0.2, 0) is 6.54 Å². The summed E-state index contributed by atoms with van der Waals surface area (Å²) < 4.78 is 16.3. The van der Waals surface area contributed by atoms with Crippen LogP contribution >= 0.6 is 0 Å². The van der Waals surface area contributed by atoms with Crippen LogP contribution in [0.5, 0.6) is 17.2 Å². The van der Waals surface area contributed by atoms with Crippen LogP contribution < -0.4 is 24.8 Å². The van der Waals surface area contributed by atoms with Crippen LogP contribution in [0.3, 0.4) is 0 Å². The Balaban J connectivity index is 2.01. The smallest absolute Gasteiger partial charge is 0.191 e. The Bertz CT molecular complexity index is 723. The first-order valence-electron chi connectivity index (χ1n) is 8.91. The normalized spacial score (nSPS) is 12.3. The first-order valence-corrected chi connectivity index (χ1v) is 8.91. The fraction of sp³-hybridized carbons (Fsp3) is 0.381. The average Bonchev–Trinajstić information content (AvgIpc) is 2.73. The summed E-state index contributed by atoms with van der Waals surface area (Å²) in [4.78, 5) is 4.30. The fourth-order valence-corrected chi connectivity index (χ4v) is 2.79. The van der Waals surface area contributed by atoms with Gasteiger partial charge in [0.05, 0.1) is 33.4 Å². The number of ether oxygens (including phenoxy) is 3. The van der Waals surface area contributed by atoms with Crippen molar-refractivity contribution in [1.29, 1.82) is 0 Å². The second-order valence-electron chi connectivity index (χ2n) is 6.13. The maximum absolute atomic E-state index is 5.49. The van der Waals surface area contributed by atoms with Gasteiger partial charge in [-0.1, -0.05) is 37.3 Å². The van der Waals surface area contributed by atoms with Gasteiger partial charge in [-0.3, -0.25) is 4.99 Å². The average molecular weight is 371 g/mol. The van der Waals surface area contributed by atoms with Crippen LogP contribution in [0.25, 0.3) is 0 Å². The van der Waals surface area contributed by atoms with Gasteiger partial charge in [0, 0.05) is 25.7 Å². The third-order valence-corrected chi connectivity index (χ3v) is 4.42. The summed E-state index contributed by atoms with van der Waals surface area (Å²) >= 11 is 0. The molecule has 2 N–H and O–H groups in total. The predicted octanol–water partition coefficient (Wildman–Crippen LogP) is 3.18. The second kappa shape index (κ2) is 10.3. The Morgan fingerprint density at radius 3 is 2.11 bits per heavy atom. The molecule has 0 radical (unpaired) electrons. The van der Waals surface area contributed by atoms with Gasteiger partial charge in [0.1, 0.15) is 17.2 Å². The highest BCUT2D eigenvalue weighted by atomic mass is 16.5. The van der Waals surface area contributed by atoms with Crippen LogP contribution in [0, 0.1) is 0 Å². The van der Waals surface area contributed by atoms with E-state index in [4.69, 9.17) is 14.2 Å². The molecule has 2 rings (SSSR count). The predicted molar refractivity (Wildman–Crippen MR) is 109 cm³/mol. The fourth-order valence-electron chi connectivity index (χ4n) is 2.79. The minimum atomic E-state index is 0.370. The van der Waals surface area contributed by atoms with E-state index in [1.807, 2.05) is 18.2 Å². The molecule has 0 fully saturated rings. The van der Waals surface area contributed by atoms with E-state index < -0.39 is 0 Å². The van der Waals surface area contributed by atoms with Crippen LogP contribution in [0.4, 0.5) is 0 Å². The number of methoxy groups -OCH3 is 3. The standard InChI is InChI=1S/C21H29N3O3/c1-15(16-9-7-6-8-10-16)13-23-21(22-2)24-14-18-19(26-4)11-17(25-3)12-20(18)27-5/h6-12,15H,13-14H2,1-5H3,(H2,22,23,24). The molecule has 1 atom stereocenters. The van der Waals surface area contributed by atoms with Crippen LogP contribution in [0.15, 0.2) is 47.5 Å². The molecule has 27 heavy (non-hydrogen) atoms. The Morgan fingerprint density at radius 2 is 1.59 bits per heavy atom. The molecule has 6 nitrogen and oxygen atoms in total. The van der Waals surface area contributed by atoms with Crippen LogP contribution in [0.1, 0.15) is 24.0 Å². The molecule has 0 amide bonds. The number of hydrogen-bond donors (Lipinski definition) is 2. The third-order valence-electron chi connectivity index (χ3n) is 4.42. The van der Waals surface area contributed by atoms with Gasteiger partial charge in [0.25, 0.3) is 0 Å². The Labute approximate surface area is 161 Å². The van der Waals surface area contributed by atoms with E-state index in [9.17, 15) is 0 Å². The van der Waals surface area contributed by atoms with E-state index in [1.165, 1.54) is 5.56 Å². The summed E-state index contributed by atoms with van der Waals surface area (Å²) in [6.45, 7) is 3.47. The molecule has 6 heteroatoms. The molecule has 0 aliphatic carbocycles. The molecule has 0 saturated heterocycles. The molecule has 0 bridgehead atoms. The zero-order chi connectivity index (χ0) is 19.6. The quantitative estimate of drug-likeness (QED) is 0.551. The van der Waals surface area contributed by atoms with Gasteiger partial charge in [-0.05, 0) is 11.5 Å². The lowest BCUT2D eigenvalue weighted by molar-refractivity contribution is 0.368. The number of rotatable bonds is 8. The Kier molecular flexibility index (Phi) is 7.79. The van der Waals surface area contributed by atoms with Gasteiger partial charge in [-0.15, -0.1) is 0 Å². The summed E-state index contributed by atoms with van der Waals surface area (Å²) in [7, 11) is 6.63. The van der Waals surface area contributed by atoms with Gasteiger partial charge < -0.3 is 24.8 Å². The summed E-state index contributed by atoms with van der Waals surface area (Å²) in [6.07, 6.45) is 0. The Hall–Kier alpha value is -2.89. The first-order chi connectivity index (χ1) is 13.1. The molecule has 0 aliphatic heterocycles. The summed E-state index contributed by atoms with van der Waals surface area (Å²) in [6, 6.07) is 14.1. The zero-order valence-corrected chi connectivity index (χ0v) is 16.7. The molecule has 2 aromatic rings. The summed E-state index contributed by atoms with van der Waals surface area (Å²) in [5.74, 6) is 3.18. The number of hydrogen-bond acceptors (Lipinski definition) is 4. The van der Waals surface area contributed by atoms with Gasteiger partial charge in [0.2, 0.25) is 0 Å². The number of nitrogens with zero attached hydrogens (tertiary/aromatic N) is 1. The van der Waals surface area contributed by atoms with E-state index >= 15 is 0 Å². The highest BCUT2D eigenvalue weighted by Crippen LogP contribution is 2.33. The summed E-state index contributed by atoms with van der Waals surface area (Å²) in [5, 5.41) is 6.69. The topological polar surface area (TPSA) is 64.1 Å². The van der Waals surface area contributed by atoms with E-state index in [1.54, 1.807) is 28.4 Å². The number of aliphatic imine (C=N–C) groups is 1. The van der Waals surface area contributed by atoms with Crippen molar-refractivity contribution in [2.45, 2.75) is 19.4 Å². The van der Waals surface area contributed by atoms with Crippen molar-refractivity contribution in [3.05, 3.63) is 53.6 Å². The molecule has 0 heterocycles. The minimum Gasteiger partial charge on any atom is -0.496 e. The maximum atomic E-state index is 5.49. The molecule has 146 valence electrons. The molecule has 2 aromatic carbocycles. The molecule has 1 unspecified atom stereocenters. The zero-order valence-electron chi connectivity index (χ0n) is 16.7. The first kappa shape index (κ1) is 20.4. The SMILES string of the molecule is CN=C(NCc1c(OC)cc(OC)cc1OC)NCC(C)c1ccccc1. The summed E-state index contributed by atoms with van der Waals surface area (Å²) in [5.41, 5.74) is 2.19. The lowest BCUT2D eigenvalue weighted by Gasteiger charge is -2.19. The van der Waals surface area contributed by atoms with E-state index in [2.05, 4.69) is 46.8 Å². The van der Waals surface area contributed by atoms with Crippen LogP contribution in [0.2, 0.25) is 0 Å². The van der Waals surface area contributed by atoms with Crippen molar-refractivity contribution in [2.24, 2.45) is 4.99 Å². The molecular weight excluding hydrogens is 342 g/mol. The van der Waals surface area contributed by atoms with E-state index in [0.29, 0.717) is 29.7 Å². The minimum absolute atomic E-state index is 0.370. The van der Waals surface area contributed by atoms with Crippen molar-refractivity contribution < 1.29 is 14.2 Å². The number of benzene rings is 2. The third kappa shape index (κ3) is 5.54. The number of nitrogens with one attached hydrogen (secondary N) is 2. The van der Waals surface area contributed by atoms with Crippen molar-refractivity contribution >= 4 is 5.96 Å². The van der Waals surface area contributed by atoms with Crippen LogP contribution in [-0.4, -0.2) is 40.9 Å². The molecule has 0 aromatic heterocycles. The van der Waals surface area contributed by atoms with Crippen molar-refractivity contribution in [2.75, 3.05) is 34.9 Å². The van der Waals surface area contributed by atoms with E-state index in [0.717, 1.165) is 18.1 Å². The monoisotopic (exact) mass is 371 g/mol. The van der Waals surface area contributed by atoms with Gasteiger partial charge >= 0.3 is 0 Å². The van der Waals surface area contributed by atoms with Gasteiger partial charge in [-0.2, -0.15) is 0 Å². The van der Waals surface area contributed by atoms with Gasteiger partial charge in [0.15, 0.2) is 5.96 Å². The molecular formula is C21H29N3O3.